The van der Waals surface area contributed by atoms with Gasteiger partial charge in [-0.1, -0.05) is 6.42 Å². The third-order valence-corrected chi connectivity index (χ3v) is 4.31. The van der Waals surface area contributed by atoms with Gasteiger partial charge in [0.2, 0.25) is 0 Å². The summed E-state index contributed by atoms with van der Waals surface area (Å²) in [5.74, 6) is 0. The van der Waals surface area contributed by atoms with Crippen LogP contribution in [0.5, 0.6) is 0 Å². The molecule has 0 atom stereocenters. The Morgan fingerprint density at radius 2 is 1.69 bits per heavy atom. The summed E-state index contributed by atoms with van der Waals surface area (Å²) in [6.45, 7) is -6.37. The zero-order chi connectivity index (χ0) is 12.8. The predicted molar refractivity (Wildman–Crippen MR) is 52.2 cm³/mol. The predicted octanol–water partition coefficient (Wildman–Crippen LogP) is -0.152. The second-order valence-electron chi connectivity index (χ2n) is 3.01. The molecule has 0 aromatic heterocycles. The van der Waals surface area contributed by atoms with Crippen molar-refractivity contribution in [2.45, 2.75) is 4.75 Å². The molecule has 8 heteroatoms. The van der Waals surface area contributed by atoms with Gasteiger partial charge in [0.05, 0.1) is 13.2 Å². The molecule has 0 aliphatic heterocycles. The minimum Gasteiger partial charge on any atom is -0.394 e. The Bertz CT molecular complexity index is 340. The van der Waals surface area contributed by atoms with Crippen LogP contribution in [-0.2, 0) is 10.0 Å². The maximum Gasteiger partial charge on any atom is 0.255 e. The Balaban J connectivity index is 5.38. The van der Waals surface area contributed by atoms with E-state index in [1.165, 1.54) is 0 Å². The van der Waals surface area contributed by atoms with Gasteiger partial charge in [-0.05, 0) is 0 Å². The maximum absolute atomic E-state index is 12.5. The van der Waals surface area contributed by atoms with Crippen LogP contribution in [-0.4, -0.2) is 55.8 Å². The average molecular weight is 259 g/mol. The first-order chi connectivity index (χ1) is 7.45. The van der Waals surface area contributed by atoms with E-state index in [0.29, 0.717) is 0 Å². The summed E-state index contributed by atoms with van der Waals surface area (Å²) in [6.07, 6.45) is 4.82. The molecular weight excluding hydrogens is 247 g/mol. The van der Waals surface area contributed by atoms with E-state index in [1.807, 2.05) is 0 Å². The molecule has 0 aromatic carbocycles. The molecule has 0 radical (unpaired) electrons. The Hall–Kier alpha value is -0.940. The summed E-state index contributed by atoms with van der Waals surface area (Å²) in [5, 5.41) is 8.53. The Morgan fingerprint density at radius 3 is 1.94 bits per heavy atom. The molecule has 0 saturated carbocycles. The van der Waals surface area contributed by atoms with Crippen LogP contribution < -0.4 is 0 Å². The molecule has 0 saturated heterocycles. The van der Waals surface area contributed by atoms with Crippen molar-refractivity contribution in [1.29, 1.82) is 0 Å². The minimum atomic E-state index is -4.67. The first-order valence-electron chi connectivity index (χ1n) is 4.23. The van der Waals surface area contributed by atoms with Gasteiger partial charge in [0, 0.05) is 6.04 Å². The lowest BCUT2D eigenvalue weighted by Crippen LogP contribution is -2.52. The molecule has 0 unspecified atom stereocenters. The molecule has 0 aliphatic carbocycles. The van der Waals surface area contributed by atoms with Crippen molar-refractivity contribution in [3.05, 3.63) is 0 Å². The third kappa shape index (κ3) is 2.41. The Morgan fingerprint density at radius 1 is 1.25 bits per heavy atom. The fourth-order valence-corrected chi connectivity index (χ4v) is 2.23. The van der Waals surface area contributed by atoms with Gasteiger partial charge in [-0.25, -0.2) is 25.9 Å². The maximum atomic E-state index is 12.5. The highest BCUT2D eigenvalue weighted by Gasteiger charge is 2.48. The number of halogens is 3. The second-order valence-corrected chi connectivity index (χ2v) is 5.27. The van der Waals surface area contributed by atoms with Gasteiger partial charge < -0.3 is 5.11 Å². The zero-order valence-electron chi connectivity index (χ0n) is 8.37. The van der Waals surface area contributed by atoms with Crippen molar-refractivity contribution < 1.29 is 26.7 Å². The molecule has 4 nitrogen and oxygen atoms in total. The van der Waals surface area contributed by atoms with Gasteiger partial charge in [0.15, 0.2) is 4.75 Å². The molecular formula is C8H12F3NO3S. The van der Waals surface area contributed by atoms with Gasteiger partial charge >= 0.3 is 0 Å². The van der Waals surface area contributed by atoms with E-state index in [9.17, 15) is 21.6 Å². The van der Waals surface area contributed by atoms with Crippen molar-refractivity contribution in [3.8, 4) is 12.5 Å². The second kappa shape index (κ2) is 5.96. The fourth-order valence-electron chi connectivity index (χ4n) is 0.893. The number of hydrogen-bond acceptors (Lipinski definition) is 3. The van der Waals surface area contributed by atoms with Gasteiger partial charge in [-0.15, -0.1) is 0 Å². The highest BCUT2D eigenvalue weighted by Crippen LogP contribution is 2.24. The van der Waals surface area contributed by atoms with Crippen LogP contribution in [0.15, 0.2) is 0 Å². The first kappa shape index (κ1) is 15.1. The summed E-state index contributed by atoms with van der Waals surface area (Å²) in [7, 11) is -4.67. The third-order valence-electron chi connectivity index (χ3n) is 2.02. The van der Waals surface area contributed by atoms with E-state index in [0.717, 1.165) is 0 Å². The summed E-state index contributed by atoms with van der Waals surface area (Å²) >= 11 is 0. The SMILES string of the molecule is C#CN(CCO)S(=O)(=O)C(CF)(CF)CF. The van der Waals surface area contributed by atoms with E-state index >= 15 is 0 Å². The summed E-state index contributed by atoms with van der Waals surface area (Å²) < 4.78 is 58.2. The Labute approximate surface area is 92.1 Å². The highest BCUT2D eigenvalue weighted by atomic mass is 32.2. The number of hydrogen-bond donors (Lipinski definition) is 1. The monoisotopic (exact) mass is 259 g/mol. The normalized spacial score (nSPS) is 12.2. The van der Waals surface area contributed by atoms with Crippen LogP contribution in [0, 0.1) is 12.5 Å². The molecule has 0 aromatic rings. The summed E-state index contributed by atoms with van der Waals surface area (Å²) in [6, 6.07) is 1.64. The molecule has 0 rings (SSSR count). The Kier molecular flexibility index (Phi) is 5.61. The van der Waals surface area contributed by atoms with Crippen LogP contribution in [0.25, 0.3) is 0 Å². The van der Waals surface area contributed by atoms with E-state index in [1.54, 1.807) is 6.04 Å². The molecule has 1 N–H and O–H groups in total. The van der Waals surface area contributed by atoms with Crippen molar-refractivity contribution >= 4 is 10.0 Å². The molecule has 0 aliphatic rings. The van der Waals surface area contributed by atoms with Gasteiger partial charge in [-0.2, -0.15) is 0 Å². The number of alkyl halides is 3. The summed E-state index contributed by atoms with van der Waals surface area (Å²) in [4.78, 5) is 0. The number of aliphatic hydroxyl groups is 1. The van der Waals surface area contributed by atoms with Crippen LogP contribution in [0.1, 0.15) is 0 Å². The molecule has 0 bridgehead atoms. The lowest BCUT2D eigenvalue weighted by atomic mass is 10.2. The van der Waals surface area contributed by atoms with Crippen LogP contribution in [0.3, 0.4) is 0 Å². The quantitative estimate of drug-likeness (QED) is 0.511. The van der Waals surface area contributed by atoms with Crippen LogP contribution >= 0.6 is 0 Å². The number of terminal acetylenes is 1. The van der Waals surface area contributed by atoms with Gasteiger partial charge in [-0.3, -0.25) is 0 Å². The molecule has 0 fully saturated rings. The van der Waals surface area contributed by atoms with Crippen molar-refractivity contribution in [2.24, 2.45) is 0 Å². The molecule has 94 valence electrons. The number of aliphatic hydroxyl groups excluding tert-OH is 1. The van der Waals surface area contributed by atoms with Crippen molar-refractivity contribution in [2.75, 3.05) is 33.2 Å². The average Bonchev–Trinajstić information content (AvgIpc) is 2.28. The molecule has 0 heterocycles. The fraction of sp³-hybridized carbons (Fsp3) is 0.750. The molecule has 16 heavy (non-hydrogen) atoms. The number of nitrogens with zero attached hydrogens (tertiary/aromatic N) is 1. The lowest BCUT2D eigenvalue weighted by molar-refractivity contribution is 0.239. The van der Waals surface area contributed by atoms with E-state index in [-0.39, 0.29) is 4.31 Å². The van der Waals surface area contributed by atoms with Crippen LogP contribution in [0.2, 0.25) is 0 Å². The smallest absolute Gasteiger partial charge is 0.255 e. The lowest BCUT2D eigenvalue weighted by Gasteiger charge is -2.29. The van der Waals surface area contributed by atoms with Gasteiger partial charge in [0.25, 0.3) is 10.0 Å². The van der Waals surface area contributed by atoms with E-state index in [2.05, 4.69) is 0 Å². The molecule has 0 amide bonds. The number of sulfonamides is 1. The largest absolute Gasteiger partial charge is 0.394 e. The first-order valence-corrected chi connectivity index (χ1v) is 5.67. The topological polar surface area (TPSA) is 57.6 Å². The molecule has 0 spiro atoms. The minimum absolute atomic E-state index is 0.200. The van der Waals surface area contributed by atoms with E-state index < -0.39 is 47.9 Å². The van der Waals surface area contributed by atoms with Crippen molar-refractivity contribution in [1.82, 2.24) is 4.31 Å². The van der Waals surface area contributed by atoms with Gasteiger partial charge in [0.1, 0.15) is 20.0 Å². The number of rotatable bonds is 7. The van der Waals surface area contributed by atoms with E-state index in [4.69, 9.17) is 11.5 Å². The summed E-state index contributed by atoms with van der Waals surface area (Å²) in [5.41, 5.74) is 0. The van der Waals surface area contributed by atoms with Crippen LogP contribution in [0.4, 0.5) is 13.2 Å². The zero-order valence-corrected chi connectivity index (χ0v) is 9.18. The highest BCUT2D eigenvalue weighted by molar-refractivity contribution is 7.90. The van der Waals surface area contributed by atoms with Crippen molar-refractivity contribution in [3.63, 3.8) is 0 Å². The standard InChI is InChI=1S/C8H12F3NO3S/c1-2-12(3-4-13)16(14,15)8(5-9,6-10)7-11/h1,13H,3-7H2.